The molecule has 1 atom stereocenters. The number of hydrogen-bond acceptors (Lipinski definition) is 8. The maximum atomic E-state index is 14.2. The molecule has 0 spiro atoms. The highest BCUT2D eigenvalue weighted by Gasteiger charge is 2.36. The van der Waals surface area contributed by atoms with E-state index in [1.807, 2.05) is 122 Å². The van der Waals surface area contributed by atoms with E-state index in [4.69, 9.17) is 25.8 Å². The number of likely N-dealkylation sites (N-methyl/N-ethyl adjacent to an activating group) is 1. The van der Waals surface area contributed by atoms with Crippen molar-refractivity contribution in [2.45, 2.75) is 25.2 Å². The number of nitrogens with zero attached hydrogens (tertiary/aromatic N) is 3. The molecule has 1 fully saturated rings. The number of ether oxygens (including phenoxy) is 3. The van der Waals surface area contributed by atoms with Crippen molar-refractivity contribution < 1.29 is 33.4 Å². The quantitative estimate of drug-likeness (QED) is 0.0717. The van der Waals surface area contributed by atoms with Crippen molar-refractivity contribution >= 4 is 68.5 Å². The number of benzene rings is 3. The lowest BCUT2D eigenvalue weighted by molar-refractivity contribution is -0.135. The van der Waals surface area contributed by atoms with E-state index < -0.39 is 6.09 Å². The topological polar surface area (TPSA) is 146 Å². The molecule has 1 aromatic heterocycles. The molecule has 13 nitrogen and oxygen atoms in total. The van der Waals surface area contributed by atoms with Crippen LogP contribution in [0.1, 0.15) is 41.2 Å². The van der Waals surface area contributed by atoms with Crippen LogP contribution in [0.2, 0.25) is 0 Å². The molecule has 62 heavy (non-hydrogen) atoms. The number of nitrogens with one attached hydrogen (secondary N) is 3. The highest BCUT2D eigenvalue weighted by molar-refractivity contribution is 6.19. The molecule has 7 rings (SSSR count). The van der Waals surface area contributed by atoms with E-state index >= 15 is 0 Å². The van der Waals surface area contributed by atoms with E-state index in [0.29, 0.717) is 67.8 Å². The number of likely N-dealkylation sites (tertiary alicyclic amines) is 1. The highest BCUT2D eigenvalue weighted by atomic mass is 35.5. The lowest BCUT2D eigenvalue weighted by Crippen LogP contribution is -2.41. The summed E-state index contributed by atoms with van der Waals surface area (Å²) in [6.07, 6.45) is 0.682. The number of alkyl halides is 1. The number of amides is 4. The van der Waals surface area contributed by atoms with Crippen LogP contribution in [-0.4, -0.2) is 111 Å². The maximum Gasteiger partial charge on any atom is 0.412 e. The third-order valence-corrected chi connectivity index (χ3v) is 11.4. The molecule has 4 amide bonds. The summed E-state index contributed by atoms with van der Waals surface area (Å²) in [5, 5.41) is 8.17. The van der Waals surface area contributed by atoms with Crippen molar-refractivity contribution in [2.75, 3.05) is 82.7 Å². The lowest BCUT2D eigenvalue weighted by atomic mass is 9.95. The number of carbonyl (C=O) groups is 4. The number of aromatic amines is 1. The molecule has 324 valence electrons. The zero-order valence-electron chi connectivity index (χ0n) is 35.1. The van der Waals surface area contributed by atoms with Crippen LogP contribution in [0.5, 0.6) is 11.5 Å². The average Bonchev–Trinajstić information content (AvgIpc) is 3.88. The van der Waals surface area contributed by atoms with Crippen LogP contribution in [0.4, 0.5) is 16.2 Å². The smallest absolute Gasteiger partial charge is 0.412 e. The van der Waals surface area contributed by atoms with Gasteiger partial charge >= 0.3 is 6.09 Å². The summed E-state index contributed by atoms with van der Waals surface area (Å²) in [6.45, 7) is 3.22. The maximum absolute atomic E-state index is 14.2. The molecule has 4 aromatic carbocycles. The van der Waals surface area contributed by atoms with Crippen molar-refractivity contribution in [1.82, 2.24) is 20.1 Å². The predicted octanol–water partition coefficient (Wildman–Crippen LogP) is 7.74. The number of H-pyrrole nitrogens is 1. The molecule has 2 aliphatic rings. The molecule has 1 saturated heterocycles. The Balaban J connectivity index is 0.895. The molecule has 0 radical (unpaired) electrons. The first-order chi connectivity index (χ1) is 30.2. The second kappa shape index (κ2) is 21.1. The van der Waals surface area contributed by atoms with Crippen molar-refractivity contribution in [3.05, 3.63) is 120 Å². The fourth-order valence-electron chi connectivity index (χ4n) is 7.82. The minimum absolute atomic E-state index is 0.0361. The second-order valence-corrected chi connectivity index (χ2v) is 16.0. The summed E-state index contributed by atoms with van der Waals surface area (Å²) in [5.74, 6) is 0.711. The molecular weight excluding hydrogens is 808 g/mol. The number of carbonyl (C=O) groups excluding carboxylic acids is 4. The summed E-state index contributed by atoms with van der Waals surface area (Å²) in [4.78, 5) is 62.0. The first kappa shape index (κ1) is 43.9. The normalized spacial score (nSPS) is 15.0. The fourth-order valence-corrected chi connectivity index (χ4v) is 8.07. The number of fused-ring (bicyclic) bond motifs is 4. The zero-order chi connectivity index (χ0) is 43.4. The number of rotatable bonds is 15. The van der Waals surface area contributed by atoms with Crippen LogP contribution in [0, 0.1) is 5.92 Å². The van der Waals surface area contributed by atoms with Crippen molar-refractivity contribution in [1.29, 1.82) is 0 Å². The van der Waals surface area contributed by atoms with Gasteiger partial charge in [-0.25, -0.2) is 4.79 Å². The molecule has 5 aromatic rings. The van der Waals surface area contributed by atoms with E-state index in [1.54, 1.807) is 15.9 Å². The van der Waals surface area contributed by atoms with Gasteiger partial charge in [-0.3, -0.25) is 14.4 Å². The molecule has 3 N–H and O–H groups in total. The van der Waals surface area contributed by atoms with Gasteiger partial charge in [-0.05, 0) is 74.3 Å². The third kappa shape index (κ3) is 11.0. The summed E-state index contributed by atoms with van der Waals surface area (Å²) >= 11 is 6.51. The van der Waals surface area contributed by atoms with Crippen molar-refractivity contribution in [3.8, 4) is 11.5 Å². The summed E-state index contributed by atoms with van der Waals surface area (Å²) in [5.41, 5.74) is 3.50. The van der Waals surface area contributed by atoms with Gasteiger partial charge in [0.05, 0.1) is 25.3 Å². The molecule has 0 aliphatic carbocycles. The Labute approximate surface area is 366 Å². The first-order valence-corrected chi connectivity index (χ1v) is 21.6. The molecule has 0 saturated carbocycles. The third-order valence-electron chi connectivity index (χ3n) is 11.1. The van der Waals surface area contributed by atoms with Gasteiger partial charge in [0, 0.05) is 78.5 Å². The van der Waals surface area contributed by atoms with Crippen LogP contribution in [0.25, 0.3) is 21.7 Å². The molecule has 3 heterocycles. The molecule has 0 unspecified atom stereocenters. The number of piperidine rings is 1. The minimum Gasteiger partial charge on any atom is -0.492 e. The van der Waals surface area contributed by atoms with Crippen LogP contribution < -0.4 is 25.0 Å². The number of halogens is 1. The Morgan fingerprint density at radius 3 is 2.27 bits per heavy atom. The summed E-state index contributed by atoms with van der Waals surface area (Å²) in [6, 6.07) is 33.9. The number of anilines is 2. The van der Waals surface area contributed by atoms with Crippen LogP contribution in [-0.2, 0) is 14.3 Å². The fraction of sp³-hybridized carbons (Fsp3) is 0.333. The largest absolute Gasteiger partial charge is 0.492 e. The van der Waals surface area contributed by atoms with E-state index in [1.165, 1.54) is 0 Å². The van der Waals surface area contributed by atoms with Crippen molar-refractivity contribution in [3.63, 3.8) is 0 Å². The van der Waals surface area contributed by atoms with Gasteiger partial charge in [0.25, 0.3) is 5.91 Å². The van der Waals surface area contributed by atoms with Crippen LogP contribution in [0.15, 0.2) is 109 Å². The lowest BCUT2D eigenvalue weighted by Gasteiger charge is -2.31. The van der Waals surface area contributed by atoms with Gasteiger partial charge in [0.1, 0.15) is 23.8 Å². The Bertz CT molecular complexity index is 2420. The monoisotopic (exact) mass is 860 g/mol. The van der Waals surface area contributed by atoms with E-state index in [2.05, 4.69) is 15.6 Å². The van der Waals surface area contributed by atoms with E-state index in [0.717, 1.165) is 39.5 Å². The van der Waals surface area contributed by atoms with Gasteiger partial charge in [-0.2, -0.15) is 0 Å². The van der Waals surface area contributed by atoms with Crippen LogP contribution in [0.3, 0.4) is 0 Å². The second-order valence-electron chi connectivity index (χ2n) is 15.7. The standard InChI is InChI=1S/C48H53ClN6O7/c1-53(2)24-27-61-37-16-17-40-34(28-37)29-41(52-40)47(58)55-32-35(31-49)45-39-15-11-10-14-38(39)43(30-42(45)55)62-48(59)50-21-26-60-25-20-44(56)54-22-18-33(19-23-54)46(57)51-36-12-8-6-4-3-5-7-9-13-36/h3-17,28-30,33,35,52H,18-27,31-32H2,1-2H3,(H,50,59)(H,51,57)/t35-/m1/s1. The SMILES string of the molecule is CN(C)CCOc1ccc2[nH]c(C(=O)N3C[C@@H](CCl)c4c3cc(OC(=O)NCCOCCC(=O)N3CCC(C(=O)Nc5ccccccccc5)CC3)c3ccccc43)cc2c1. The highest BCUT2D eigenvalue weighted by Crippen LogP contribution is 2.46. The van der Waals surface area contributed by atoms with Gasteiger partial charge in [-0.1, -0.05) is 66.7 Å². The Morgan fingerprint density at radius 2 is 1.55 bits per heavy atom. The van der Waals surface area contributed by atoms with E-state index in [9.17, 15) is 19.2 Å². The minimum atomic E-state index is -0.677. The van der Waals surface area contributed by atoms with Crippen molar-refractivity contribution in [2.24, 2.45) is 5.92 Å². The zero-order valence-corrected chi connectivity index (χ0v) is 35.9. The summed E-state index contributed by atoms with van der Waals surface area (Å²) in [7, 11) is 3.98. The Kier molecular flexibility index (Phi) is 14.9. The van der Waals surface area contributed by atoms with E-state index in [-0.39, 0.29) is 55.7 Å². The Morgan fingerprint density at radius 1 is 0.839 bits per heavy atom. The Hall–Kier alpha value is -6.15. The molecule has 0 bridgehead atoms. The average molecular weight is 861 g/mol. The number of aromatic nitrogens is 1. The van der Waals surface area contributed by atoms with Gasteiger partial charge in [-0.15, -0.1) is 11.6 Å². The molecule has 14 heteroatoms. The van der Waals surface area contributed by atoms with Gasteiger partial charge in [0.2, 0.25) is 11.8 Å². The number of hydrogen-bond donors (Lipinski definition) is 3. The molecule has 2 aliphatic heterocycles. The van der Waals surface area contributed by atoms with Crippen LogP contribution >= 0.6 is 11.6 Å². The first-order valence-electron chi connectivity index (χ1n) is 21.0. The summed E-state index contributed by atoms with van der Waals surface area (Å²) < 4.78 is 17.5. The predicted molar refractivity (Wildman–Crippen MR) is 243 cm³/mol. The molecular formula is C48H53ClN6O7. The van der Waals surface area contributed by atoms with Gasteiger partial charge < -0.3 is 44.5 Å². The van der Waals surface area contributed by atoms with Gasteiger partial charge in [0.15, 0.2) is 0 Å².